The molecular weight excluding hydrogens is 252 g/mol. The second-order valence-electron chi connectivity index (χ2n) is 6.61. The summed E-state index contributed by atoms with van der Waals surface area (Å²) in [7, 11) is 2.19. The predicted molar refractivity (Wildman–Crippen MR) is 81.5 cm³/mol. The lowest BCUT2D eigenvalue weighted by Crippen LogP contribution is -2.58. The zero-order valence-electron chi connectivity index (χ0n) is 13.2. The lowest BCUT2D eigenvalue weighted by molar-refractivity contribution is -0.124. The summed E-state index contributed by atoms with van der Waals surface area (Å²) in [6.45, 7) is 9.88. The Kier molecular flexibility index (Phi) is 5.41. The summed E-state index contributed by atoms with van der Waals surface area (Å²) in [5.41, 5.74) is 5.54. The Labute approximate surface area is 123 Å². The number of carbonyl (C=O) groups excluding carboxylic acids is 1. The van der Waals surface area contributed by atoms with Crippen molar-refractivity contribution in [2.45, 2.75) is 51.2 Å². The Morgan fingerprint density at radius 1 is 1.15 bits per heavy atom. The van der Waals surface area contributed by atoms with Crippen LogP contribution < -0.4 is 5.73 Å². The van der Waals surface area contributed by atoms with E-state index >= 15 is 0 Å². The number of hydrogen-bond donors (Lipinski definition) is 1. The van der Waals surface area contributed by atoms with Crippen molar-refractivity contribution < 1.29 is 4.79 Å². The second kappa shape index (κ2) is 6.87. The highest BCUT2D eigenvalue weighted by Gasteiger charge is 2.30. The first-order chi connectivity index (χ1) is 9.49. The van der Waals surface area contributed by atoms with Crippen molar-refractivity contribution in [2.75, 3.05) is 39.8 Å². The smallest absolute Gasteiger partial charge is 0.234 e. The zero-order valence-corrected chi connectivity index (χ0v) is 13.2. The van der Waals surface area contributed by atoms with Crippen molar-refractivity contribution in [2.24, 2.45) is 5.73 Å². The van der Waals surface area contributed by atoms with E-state index in [-0.39, 0.29) is 11.9 Å². The molecule has 0 aromatic rings. The van der Waals surface area contributed by atoms with Gasteiger partial charge in [0.05, 0.1) is 6.04 Å². The molecule has 0 aliphatic carbocycles. The normalized spacial score (nSPS) is 34.2. The first-order valence-electron chi connectivity index (χ1n) is 7.96. The van der Waals surface area contributed by atoms with Crippen molar-refractivity contribution in [3.8, 4) is 0 Å². The molecular formula is C15H30N4O. The van der Waals surface area contributed by atoms with Crippen LogP contribution >= 0.6 is 0 Å². The van der Waals surface area contributed by atoms with E-state index in [9.17, 15) is 4.79 Å². The number of amides is 1. The Bertz CT molecular complexity index is 324. The molecule has 0 spiro atoms. The van der Waals surface area contributed by atoms with E-state index in [1.165, 1.54) is 6.42 Å². The number of rotatable bonds is 4. The highest BCUT2D eigenvalue weighted by atomic mass is 16.1. The second-order valence-corrected chi connectivity index (χ2v) is 6.61. The zero-order chi connectivity index (χ0) is 14.7. The average molecular weight is 282 g/mol. The lowest BCUT2D eigenvalue weighted by Gasteiger charge is -2.44. The molecule has 5 nitrogen and oxygen atoms in total. The molecule has 0 aromatic heterocycles. The number of nitrogens with zero attached hydrogens (tertiary/aromatic N) is 3. The maximum atomic E-state index is 11.5. The standard InChI is InChI=1S/C15H30N4O/c1-12-10-17(3)11-13(2)19(12)9-8-18-7-5-4-6-14(18)15(16)20/h12-14H,4-11H2,1-3H3,(H2,16,20). The molecule has 2 heterocycles. The van der Waals surface area contributed by atoms with Crippen LogP contribution in [0.25, 0.3) is 0 Å². The fourth-order valence-corrected chi connectivity index (χ4v) is 3.89. The van der Waals surface area contributed by atoms with Gasteiger partial charge in [0.25, 0.3) is 0 Å². The number of likely N-dealkylation sites (tertiary alicyclic amines) is 1. The van der Waals surface area contributed by atoms with Gasteiger partial charge in [0.15, 0.2) is 0 Å². The Morgan fingerprint density at radius 2 is 1.80 bits per heavy atom. The first kappa shape index (κ1) is 15.7. The number of carbonyl (C=O) groups is 1. The van der Waals surface area contributed by atoms with E-state index < -0.39 is 0 Å². The van der Waals surface area contributed by atoms with E-state index in [1.54, 1.807) is 0 Å². The molecule has 2 rings (SSSR count). The van der Waals surface area contributed by atoms with Gasteiger partial charge in [0.1, 0.15) is 0 Å². The summed E-state index contributed by atoms with van der Waals surface area (Å²) in [6, 6.07) is 1.13. The quantitative estimate of drug-likeness (QED) is 0.808. The molecule has 2 aliphatic rings. The molecule has 2 fully saturated rings. The lowest BCUT2D eigenvalue weighted by atomic mass is 10.0. The number of nitrogens with two attached hydrogens (primary N) is 1. The largest absolute Gasteiger partial charge is 0.368 e. The monoisotopic (exact) mass is 282 g/mol. The molecule has 1 amide bonds. The van der Waals surface area contributed by atoms with Crippen LogP contribution in [0.1, 0.15) is 33.1 Å². The van der Waals surface area contributed by atoms with Gasteiger partial charge in [0.2, 0.25) is 5.91 Å². The van der Waals surface area contributed by atoms with Gasteiger partial charge in [-0.15, -0.1) is 0 Å². The minimum atomic E-state index is -0.149. The van der Waals surface area contributed by atoms with Crippen LogP contribution in [-0.2, 0) is 4.79 Å². The van der Waals surface area contributed by atoms with Gasteiger partial charge in [-0.3, -0.25) is 14.6 Å². The highest BCUT2D eigenvalue weighted by Crippen LogP contribution is 2.18. The Balaban J connectivity index is 1.88. The third kappa shape index (κ3) is 3.71. The van der Waals surface area contributed by atoms with E-state index in [0.717, 1.165) is 45.6 Å². The molecule has 5 heteroatoms. The maximum Gasteiger partial charge on any atom is 0.234 e. The molecule has 3 atom stereocenters. The molecule has 116 valence electrons. The molecule has 0 saturated carbocycles. The molecule has 20 heavy (non-hydrogen) atoms. The number of primary amides is 1. The summed E-state index contributed by atoms with van der Waals surface area (Å²) in [6.07, 6.45) is 3.26. The predicted octanol–water partition coefficient (Wildman–Crippen LogP) is 0.351. The van der Waals surface area contributed by atoms with Crippen LogP contribution in [0.2, 0.25) is 0 Å². The van der Waals surface area contributed by atoms with E-state index in [0.29, 0.717) is 12.1 Å². The molecule has 2 aliphatic heterocycles. The van der Waals surface area contributed by atoms with Crippen LogP contribution in [0.15, 0.2) is 0 Å². The molecule has 0 radical (unpaired) electrons. The van der Waals surface area contributed by atoms with Crippen LogP contribution in [0.3, 0.4) is 0 Å². The van der Waals surface area contributed by atoms with Crippen LogP contribution in [0, 0.1) is 0 Å². The molecule has 2 N–H and O–H groups in total. The minimum absolute atomic E-state index is 0.0400. The van der Waals surface area contributed by atoms with Crippen molar-refractivity contribution >= 4 is 5.91 Å². The van der Waals surface area contributed by atoms with E-state index in [4.69, 9.17) is 5.73 Å². The van der Waals surface area contributed by atoms with Gasteiger partial charge < -0.3 is 10.6 Å². The summed E-state index contributed by atoms with van der Waals surface area (Å²) >= 11 is 0. The third-order valence-corrected chi connectivity index (χ3v) is 4.87. The highest BCUT2D eigenvalue weighted by molar-refractivity contribution is 5.79. The van der Waals surface area contributed by atoms with Gasteiger partial charge >= 0.3 is 0 Å². The molecule has 0 aromatic carbocycles. The van der Waals surface area contributed by atoms with Crippen molar-refractivity contribution in [3.63, 3.8) is 0 Å². The van der Waals surface area contributed by atoms with Gasteiger partial charge in [0, 0.05) is 38.3 Å². The molecule has 0 bridgehead atoms. The first-order valence-corrected chi connectivity index (χ1v) is 7.96. The average Bonchev–Trinajstić information content (AvgIpc) is 2.37. The van der Waals surface area contributed by atoms with Crippen molar-refractivity contribution in [3.05, 3.63) is 0 Å². The van der Waals surface area contributed by atoms with Crippen molar-refractivity contribution in [1.82, 2.24) is 14.7 Å². The third-order valence-electron chi connectivity index (χ3n) is 4.87. The van der Waals surface area contributed by atoms with Crippen LogP contribution in [-0.4, -0.2) is 78.5 Å². The fraction of sp³-hybridized carbons (Fsp3) is 0.933. The van der Waals surface area contributed by atoms with Gasteiger partial charge in [-0.05, 0) is 40.3 Å². The maximum absolute atomic E-state index is 11.5. The summed E-state index contributed by atoms with van der Waals surface area (Å²) in [5, 5.41) is 0. The SMILES string of the molecule is CC1CN(C)CC(C)N1CCN1CCCCC1C(N)=O. The van der Waals surface area contributed by atoms with Crippen LogP contribution in [0.5, 0.6) is 0 Å². The minimum Gasteiger partial charge on any atom is -0.368 e. The number of piperazine rings is 1. The molecule has 3 unspecified atom stereocenters. The van der Waals surface area contributed by atoms with Gasteiger partial charge in [-0.1, -0.05) is 6.42 Å². The van der Waals surface area contributed by atoms with Gasteiger partial charge in [-0.25, -0.2) is 0 Å². The number of hydrogen-bond acceptors (Lipinski definition) is 4. The van der Waals surface area contributed by atoms with Crippen LogP contribution in [0.4, 0.5) is 0 Å². The summed E-state index contributed by atoms with van der Waals surface area (Å²) in [5.74, 6) is -0.149. The topological polar surface area (TPSA) is 52.8 Å². The van der Waals surface area contributed by atoms with Crippen molar-refractivity contribution in [1.29, 1.82) is 0 Å². The van der Waals surface area contributed by atoms with E-state index in [1.807, 2.05) is 0 Å². The summed E-state index contributed by atoms with van der Waals surface area (Å²) < 4.78 is 0. The molecule has 2 saturated heterocycles. The fourth-order valence-electron chi connectivity index (χ4n) is 3.89. The van der Waals surface area contributed by atoms with E-state index in [2.05, 4.69) is 35.6 Å². The Morgan fingerprint density at radius 3 is 2.40 bits per heavy atom. The Hall–Kier alpha value is -0.650. The number of likely N-dealkylation sites (N-methyl/N-ethyl adjacent to an activating group) is 1. The van der Waals surface area contributed by atoms with Gasteiger partial charge in [-0.2, -0.15) is 0 Å². The number of piperidine rings is 1. The summed E-state index contributed by atoms with van der Waals surface area (Å²) in [4.78, 5) is 18.8.